The number of rotatable bonds is 66. The third kappa shape index (κ3) is 41.7. The summed E-state index contributed by atoms with van der Waals surface area (Å²) in [6.07, 6.45) is 46.9. The van der Waals surface area contributed by atoms with Crippen molar-refractivity contribution in [2.24, 2.45) is 0 Å². The molecule has 3 heterocycles. The maximum absolute atomic E-state index is 13.5. The van der Waals surface area contributed by atoms with Crippen LogP contribution in [-0.4, -0.2) is 193 Å². The van der Waals surface area contributed by atoms with E-state index in [1.54, 1.807) is 0 Å². The zero-order valence-corrected chi connectivity index (χ0v) is 62.5. The fraction of sp³-hybridized carbons (Fsp3) is 0.938. The first-order valence-electron chi connectivity index (χ1n) is 41.1. The van der Waals surface area contributed by atoms with Crippen LogP contribution in [0.1, 0.15) is 348 Å². The van der Waals surface area contributed by atoms with Gasteiger partial charge in [-0.2, -0.15) is 0 Å². The largest absolute Gasteiger partial charge is 0.394 e. The maximum atomic E-state index is 13.5. The molecule has 0 radical (unpaired) electrons. The van der Waals surface area contributed by atoms with E-state index in [0.717, 1.165) is 51.4 Å². The van der Waals surface area contributed by atoms with Crippen molar-refractivity contribution in [2.75, 3.05) is 26.4 Å². The molecule has 17 unspecified atom stereocenters. The number of allylic oxidation sites excluding steroid dienone is 4. The Labute approximate surface area is 600 Å². The molecule has 12 N–H and O–H groups in total. The van der Waals surface area contributed by atoms with Crippen molar-refractivity contribution in [3.05, 3.63) is 24.3 Å². The van der Waals surface area contributed by atoms with E-state index in [4.69, 9.17) is 28.4 Å². The highest BCUT2D eigenvalue weighted by molar-refractivity contribution is 5.76. The number of hydrogen-bond acceptors (Lipinski definition) is 18. The number of hydrogen-bond donors (Lipinski definition) is 12. The molecule has 3 fully saturated rings. The van der Waals surface area contributed by atoms with Crippen molar-refractivity contribution in [3.8, 4) is 0 Å². The van der Waals surface area contributed by atoms with Gasteiger partial charge in [0.2, 0.25) is 5.91 Å². The fourth-order valence-electron chi connectivity index (χ4n) is 14.2. The summed E-state index contributed by atoms with van der Waals surface area (Å²) in [5.41, 5.74) is 0. The summed E-state index contributed by atoms with van der Waals surface area (Å²) in [5.74, 6) is -0.238. The Morgan fingerprint density at radius 3 is 1.03 bits per heavy atom. The van der Waals surface area contributed by atoms with E-state index < -0.39 is 124 Å². The van der Waals surface area contributed by atoms with Crippen molar-refractivity contribution >= 4 is 5.91 Å². The summed E-state index contributed by atoms with van der Waals surface area (Å²) in [5, 5.41) is 121. The molecule has 0 saturated carbocycles. The van der Waals surface area contributed by atoms with Crippen molar-refractivity contribution in [1.82, 2.24) is 5.32 Å². The standard InChI is InChI=1S/C80H151NO18/c1-3-5-7-9-11-13-15-17-19-21-23-25-27-29-30-31-32-34-35-37-39-41-43-45-47-49-51-53-55-57-64(85)63(81-68(86)58-56-54-52-50-48-46-44-42-40-38-36-33-28-26-24-22-20-18-16-14-12-10-8-6-4-2)62-94-78-74(92)71(89)76(66(60-83)96-78)99-80-75(93)72(90)77(67(61-84)97-80)98-79-73(91)70(88)69(87)65(59-82)95-79/h16,18,22,24,63-67,69-80,82-85,87-93H,3-15,17,19-21,23,25-62H2,1-2H3,(H,81,86)/b18-16-,24-22-. The van der Waals surface area contributed by atoms with Gasteiger partial charge >= 0.3 is 0 Å². The summed E-state index contributed by atoms with van der Waals surface area (Å²) in [6, 6.07) is -0.888. The third-order valence-electron chi connectivity index (χ3n) is 20.8. The molecule has 0 spiro atoms. The monoisotopic (exact) mass is 1410 g/mol. The third-order valence-corrected chi connectivity index (χ3v) is 20.8. The van der Waals surface area contributed by atoms with Gasteiger partial charge in [0.15, 0.2) is 18.9 Å². The van der Waals surface area contributed by atoms with Crippen LogP contribution >= 0.6 is 0 Å². The molecule has 1 amide bonds. The highest BCUT2D eigenvalue weighted by atomic mass is 16.8. The summed E-state index contributed by atoms with van der Waals surface area (Å²) < 4.78 is 34.5. The van der Waals surface area contributed by atoms with Crippen LogP contribution in [0.4, 0.5) is 0 Å². The molecular formula is C80H151NO18. The molecular weight excluding hydrogens is 1260 g/mol. The quantitative estimate of drug-likeness (QED) is 0.0199. The molecule has 99 heavy (non-hydrogen) atoms. The van der Waals surface area contributed by atoms with Gasteiger partial charge in [0.1, 0.15) is 73.2 Å². The zero-order valence-electron chi connectivity index (χ0n) is 62.5. The molecule has 0 aromatic rings. The Hall–Kier alpha value is -1.73. The molecule has 19 heteroatoms. The second kappa shape index (κ2) is 61.4. The molecule has 3 saturated heterocycles. The van der Waals surface area contributed by atoms with Gasteiger partial charge in [-0.1, -0.05) is 321 Å². The maximum Gasteiger partial charge on any atom is 0.220 e. The number of ether oxygens (including phenoxy) is 6. The van der Waals surface area contributed by atoms with E-state index in [-0.39, 0.29) is 18.9 Å². The van der Waals surface area contributed by atoms with Gasteiger partial charge in [-0.3, -0.25) is 4.79 Å². The van der Waals surface area contributed by atoms with Crippen molar-refractivity contribution < 1.29 is 89.4 Å². The minimum Gasteiger partial charge on any atom is -0.394 e. The van der Waals surface area contributed by atoms with Gasteiger partial charge in [0, 0.05) is 6.42 Å². The average Bonchev–Trinajstić information content (AvgIpc) is 0.755. The van der Waals surface area contributed by atoms with Gasteiger partial charge in [0.05, 0.1) is 38.6 Å². The van der Waals surface area contributed by atoms with Crippen LogP contribution in [0.2, 0.25) is 0 Å². The second-order valence-corrected chi connectivity index (χ2v) is 29.6. The lowest BCUT2D eigenvalue weighted by Crippen LogP contribution is -2.66. The topological polar surface area (TPSA) is 307 Å². The molecule has 0 aromatic heterocycles. The van der Waals surface area contributed by atoms with Gasteiger partial charge in [-0.25, -0.2) is 0 Å². The lowest BCUT2D eigenvalue weighted by Gasteiger charge is -2.48. The molecule has 0 aromatic carbocycles. The van der Waals surface area contributed by atoms with Crippen LogP contribution in [0.15, 0.2) is 24.3 Å². The van der Waals surface area contributed by atoms with Crippen LogP contribution in [-0.2, 0) is 33.2 Å². The Kier molecular flexibility index (Phi) is 56.8. The minimum absolute atomic E-state index is 0.238. The van der Waals surface area contributed by atoms with E-state index >= 15 is 0 Å². The fourth-order valence-corrected chi connectivity index (χ4v) is 14.2. The molecule has 0 aliphatic carbocycles. The normalized spacial score (nSPS) is 26.7. The van der Waals surface area contributed by atoms with Gasteiger partial charge in [0.25, 0.3) is 0 Å². The number of amides is 1. The number of carbonyl (C=O) groups excluding carboxylic acids is 1. The highest BCUT2D eigenvalue weighted by Gasteiger charge is 2.54. The molecule has 3 aliphatic rings. The summed E-state index contributed by atoms with van der Waals surface area (Å²) in [7, 11) is 0. The molecule has 19 nitrogen and oxygen atoms in total. The van der Waals surface area contributed by atoms with Crippen LogP contribution in [0.25, 0.3) is 0 Å². The van der Waals surface area contributed by atoms with E-state index in [1.165, 1.54) is 263 Å². The lowest BCUT2D eigenvalue weighted by atomic mass is 9.96. The smallest absolute Gasteiger partial charge is 0.220 e. The van der Waals surface area contributed by atoms with Crippen molar-refractivity contribution in [3.63, 3.8) is 0 Å². The Morgan fingerprint density at radius 2 is 0.667 bits per heavy atom. The number of carbonyl (C=O) groups is 1. The molecule has 584 valence electrons. The SMILES string of the molecule is CCCCCCC/C=C\C/C=C\CCCCCCCCCCCCCCCC(=O)NC(COC1OC(CO)C(OC2OC(CO)C(OC3OC(CO)C(O)C(O)C3O)C(O)C2O)C(O)C1O)C(O)CCCCCCCCCCCCCCCCCCCCCCCCCCCCCCC. The Bertz CT molecular complexity index is 1880. The van der Waals surface area contributed by atoms with Crippen LogP contribution < -0.4 is 5.32 Å². The van der Waals surface area contributed by atoms with E-state index in [9.17, 15) is 61.0 Å². The van der Waals surface area contributed by atoms with Crippen LogP contribution in [0.3, 0.4) is 0 Å². The lowest BCUT2D eigenvalue weighted by molar-refractivity contribution is -0.379. The van der Waals surface area contributed by atoms with E-state index in [2.05, 4.69) is 43.5 Å². The van der Waals surface area contributed by atoms with Crippen molar-refractivity contribution in [2.45, 2.75) is 452 Å². The first kappa shape index (κ1) is 91.5. The number of nitrogens with one attached hydrogen (secondary N) is 1. The predicted octanol–water partition coefficient (Wildman–Crippen LogP) is 13.7. The Morgan fingerprint density at radius 1 is 0.364 bits per heavy atom. The number of aliphatic hydroxyl groups is 11. The summed E-state index contributed by atoms with van der Waals surface area (Å²) in [6.45, 7) is 1.85. The van der Waals surface area contributed by atoms with Gasteiger partial charge < -0.3 is 89.9 Å². The van der Waals surface area contributed by atoms with E-state index in [1.807, 2.05) is 0 Å². The Balaban J connectivity index is 1.36. The van der Waals surface area contributed by atoms with Crippen LogP contribution in [0, 0.1) is 0 Å². The summed E-state index contributed by atoms with van der Waals surface area (Å²) in [4.78, 5) is 13.5. The van der Waals surface area contributed by atoms with Crippen molar-refractivity contribution in [1.29, 1.82) is 0 Å². The van der Waals surface area contributed by atoms with Gasteiger partial charge in [-0.15, -0.1) is 0 Å². The first-order valence-corrected chi connectivity index (χ1v) is 41.1. The molecule has 3 aliphatic heterocycles. The molecule has 3 rings (SSSR count). The highest BCUT2D eigenvalue weighted by Crippen LogP contribution is 2.33. The number of aliphatic hydroxyl groups excluding tert-OH is 11. The summed E-state index contributed by atoms with van der Waals surface area (Å²) >= 11 is 0. The van der Waals surface area contributed by atoms with E-state index in [0.29, 0.717) is 12.8 Å². The van der Waals surface area contributed by atoms with Gasteiger partial charge in [-0.05, 0) is 44.9 Å². The average molecular weight is 1420 g/mol. The van der Waals surface area contributed by atoms with Crippen LogP contribution in [0.5, 0.6) is 0 Å². The number of unbranched alkanes of at least 4 members (excludes halogenated alkanes) is 46. The second-order valence-electron chi connectivity index (χ2n) is 29.6. The predicted molar refractivity (Wildman–Crippen MR) is 393 cm³/mol. The molecule has 17 atom stereocenters. The zero-order chi connectivity index (χ0) is 71.8. The molecule has 0 bridgehead atoms. The first-order chi connectivity index (χ1) is 48.3. The minimum atomic E-state index is -1.97.